The Kier molecular flexibility index (Phi) is 17.6. The summed E-state index contributed by atoms with van der Waals surface area (Å²) in [6.45, 7) is 10.8. The molecule has 0 aliphatic heterocycles. The van der Waals surface area contributed by atoms with E-state index in [1.807, 2.05) is 6.07 Å². The maximum Gasteiger partial charge on any atom is 0.338 e. The maximum absolute atomic E-state index is 15.8. The van der Waals surface area contributed by atoms with Crippen molar-refractivity contribution >= 4 is 23.9 Å². The minimum absolute atomic E-state index is 0.0911. The van der Waals surface area contributed by atoms with Crippen LogP contribution < -0.4 is 9.47 Å². The predicted octanol–water partition coefficient (Wildman–Crippen LogP) is 9.89. The summed E-state index contributed by atoms with van der Waals surface area (Å²) in [6, 6.07) is 20.6. The van der Waals surface area contributed by atoms with Crippen LogP contribution in [0.3, 0.4) is 0 Å². The third-order valence-corrected chi connectivity index (χ3v) is 10.5. The lowest BCUT2D eigenvalue weighted by Gasteiger charge is -2.32. The first-order valence-electron chi connectivity index (χ1n) is 20.2. The Balaban J connectivity index is 1.57. The van der Waals surface area contributed by atoms with E-state index in [-0.39, 0.29) is 29.3 Å². The molecule has 1 fully saturated rings. The zero-order valence-corrected chi connectivity index (χ0v) is 34.7. The topological polar surface area (TPSA) is 162 Å². The number of rotatable bonds is 21. The van der Waals surface area contributed by atoms with Crippen molar-refractivity contribution in [2.45, 2.75) is 90.9 Å². The van der Waals surface area contributed by atoms with Crippen molar-refractivity contribution in [1.29, 1.82) is 10.5 Å². The third-order valence-electron chi connectivity index (χ3n) is 10.5. The van der Waals surface area contributed by atoms with Crippen molar-refractivity contribution in [2.24, 2.45) is 11.3 Å². The van der Waals surface area contributed by atoms with Crippen molar-refractivity contribution < 1.29 is 47.3 Å². The van der Waals surface area contributed by atoms with Gasteiger partial charge in [-0.05, 0) is 92.3 Å². The second-order valence-corrected chi connectivity index (χ2v) is 15.5. The largest absolute Gasteiger partial charge is 0.493 e. The molecule has 12 heteroatoms. The second-order valence-electron chi connectivity index (χ2n) is 15.5. The van der Waals surface area contributed by atoms with Crippen molar-refractivity contribution in [1.82, 2.24) is 0 Å². The van der Waals surface area contributed by atoms with Crippen LogP contribution in [0.15, 0.2) is 85.0 Å². The average molecular weight is 821 g/mol. The fourth-order valence-corrected chi connectivity index (χ4v) is 6.94. The van der Waals surface area contributed by atoms with Crippen LogP contribution in [0.4, 0.5) is 4.39 Å². The molecule has 0 saturated heterocycles. The molecule has 3 aromatic carbocycles. The van der Waals surface area contributed by atoms with Gasteiger partial charge in [-0.2, -0.15) is 10.5 Å². The molecule has 0 aromatic heterocycles. The highest BCUT2D eigenvalue weighted by Gasteiger charge is 2.37. The number of nitrogens with zero attached hydrogens (tertiary/aromatic N) is 2. The van der Waals surface area contributed by atoms with Crippen molar-refractivity contribution in [3.05, 3.63) is 96.3 Å². The lowest BCUT2D eigenvalue weighted by molar-refractivity contribution is -0.162. The molecular weight excluding hydrogens is 768 g/mol. The molecule has 60 heavy (non-hydrogen) atoms. The van der Waals surface area contributed by atoms with E-state index in [4.69, 9.17) is 34.2 Å². The number of carbonyl (C=O) groups is 4. The molecule has 0 N–H and O–H groups in total. The summed E-state index contributed by atoms with van der Waals surface area (Å²) in [4.78, 5) is 49.5. The average Bonchev–Trinajstić information content (AvgIpc) is 3.23. The van der Waals surface area contributed by atoms with E-state index < -0.39 is 62.0 Å². The van der Waals surface area contributed by atoms with Gasteiger partial charge in [0, 0.05) is 22.3 Å². The molecule has 0 heterocycles. The Bertz CT molecular complexity index is 2070. The smallest absolute Gasteiger partial charge is 0.338 e. The molecular formula is C48H53FN2O9. The molecule has 0 bridgehead atoms. The number of esters is 4. The van der Waals surface area contributed by atoms with Gasteiger partial charge < -0.3 is 23.7 Å². The number of ether oxygens (including phenoxy) is 5. The van der Waals surface area contributed by atoms with Crippen molar-refractivity contribution in [3.8, 4) is 45.9 Å². The molecule has 1 aliphatic rings. The first kappa shape index (κ1) is 46.4. The highest BCUT2D eigenvalue weighted by atomic mass is 19.1. The molecule has 0 unspecified atom stereocenters. The molecule has 0 radical (unpaired) electrons. The minimum atomic E-state index is -1.46. The van der Waals surface area contributed by atoms with E-state index in [1.165, 1.54) is 52.4 Å². The van der Waals surface area contributed by atoms with Crippen LogP contribution in [-0.2, 0) is 33.4 Å². The van der Waals surface area contributed by atoms with Crippen LogP contribution in [0.5, 0.6) is 11.5 Å². The van der Waals surface area contributed by atoms with Gasteiger partial charge in [-0.15, -0.1) is 0 Å². The number of benzene rings is 3. The highest BCUT2D eigenvalue weighted by molar-refractivity contribution is 5.91. The molecule has 0 amide bonds. The number of hydrogen-bond donors (Lipinski definition) is 0. The SMILES string of the molecule is C=C(C)C(=O)OCC(COC(=O)CC#N)(COC(=O)CC#N)COc1ccc(-c2ccc(-c3ccc(C4CCC(CCCCC)CC4)cc3F)cc2OC(=O)C(=C)C)cc1. The monoisotopic (exact) mass is 820 g/mol. The Morgan fingerprint density at radius 1 is 0.733 bits per heavy atom. The summed E-state index contributed by atoms with van der Waals surface area (Å²) >= 11 is 0. The van der Waals surface area contributed by atoms with Gasteiger partial charge in [-0.25, -0.2) is 14.0 Å². The van der Waals surface area contributed by atoms with Gasteiger partial charge in [0.05, 0.1) is 12.1 Å². The lowest BCUT2D eigenvalue weighted by Crippen LogP contribution is -2.44. The number of hydrogen-bond acceptors (Lipinski definition) is 11. The molecule has 1 aliphatic carbocycles. The van der Waals surface area contributed by atoms with Gasteiger partial charge in [-0.1, -0.05) is 82.2 Å². The fourth-order valence-electron chi connectivity index (χ4n) is 6.94. The number of carbonyl (C=O) groups excluding carboxylic acids is 4. The van der Waals surface area contributed by atoms with Gasteiger partial charge in [-0.3, -0.25) is 9.59 Å². The van der Waals surface area contributed by atoms with Crippen LogP contribution in [0, 0.1) is 39.8 Å². The van der Waals surface area contributed by atoms with Crippen molar-refractivity contribution in [2.75, 3.05) is 26.4 Å². The molecule has 4 rings (SSSR count). The second kappa shape index (κ2) is 22.8. The summed E-state index contributed by atoms with van der Waals surface area (Å²) in [6.07, 6.45) is 8.37. The molecule has 3 aromatic rings. The fraction of sp³-hybridized carbons (Fsp3) is 0.417. The summed E-state index contributed by atoms with van der Waals surface area (Å²) in [5, 5.41) is 17.9. The Labute approximate surface area is 351 Å². The Morgan fingerprint density at radius 2 is 1.32 bits per heavy atom. The zero-order valence-electron chi connectivity index (χ0n) is 34.7. The van der Waals surface area contributed by atoms with Crippen LogP contribution in [0.1, 0.15) is 96.5 Å². The van der Waals surface area contributed by atoms with E-state index in [1.54, 1.807) is 66.7 Å². The highest BCUT2D eigenvalue weighted by Crippen LogP contribution is 2.40. The van der Waals surface area contributed by atoms with Gasteiger partial charge in [0.2, 0.25) is 0 Å². The quantitative estimate of drug-likeness (QED) is 0.0331. The van der Waals surface area contributed by atoms with E-state index in [0.717, 1.165) is 24.3 Å². The van der Waals surface area contributed by atoms with E-state index in [9.17, 15) is 19.2 Å². The van der Waals surface area contributed by atoms with Crippen LogP contribution in [-0.4, -0.2) is 50.3 Å². The number of nitriles is 2. The Morgan fingerprint density at radius 3 is 1.88 bits per heavy atom. The molecule has 0 spiro atoms. The van der Waals surface area contributed by atoms with Crippen LogP contribution in [0.2, 0.25) is 0 Å². The first-order chi connectivity index (χ1) is 28.8. The minimum Gasteiger partial charge on any atom is -0.493 e. The Hall–Kier alpha value is -6.27. The predicted molar refractivity (Wildman–Crippen MR) is 223 cm³/mol. The van der Waals surface area contributed by atoms with E-state index in [0.29, 0.717) is 33.9 Å². The zero-order chi connectivity index (χ0) is 43.7. The first-order valence-corrected chi connectivity index (χ1v) is 20.2. The third kappa shape index (κ3) is 13.7. The van der Waals surface area contributed by atoms with Gasteiger partial charge in [0.15, 0.2) is 0 Å². The molecule has 1 saturated carbocycles. The van der Waals surface area contributed by atoms with E-state index in [2.05, 4.69) is 20.1 Å². The van der Waals surface area contributed by atoms with Crippen LogP contribution >= 0.6 is 0 Å². The maximum atomic E-state index is 15.8. The van der Waals surface area contributed by atoms with Gasteiger partial charge in [0.25, 0.3) is 0 Å². The summed E-state index contributed by atoms with van der Waals surface area (Å²) in [5.74, 6) is -1.90. The van der Waals surface area contributed by atoms with Gasteiger partial charge in [0.1, 0.15) is 62.0 Å². The molecule has 0 atom stereocenters. The summed E-state index contributed by atoms with van der Waals surface area (Å²) < 4.78 is 43.6. The van der Waals surface area contributed by atoms with Crippen LogP contribution in [0.25, 0.3) is 22.3 Å². The summed E-state index contributed by atoms with van der Waals surface area (Å²) in [7, 11) is 0. The number of halogens is 1. The molecule has 316 valence electrons. The number of unbranched alkanes of at least 4 members (excludes halogenated alkanes) is 2. The normalized spacial score (nSPS) is 14.8. The summed E-state index contributed by atoms with van der Waals surface area (Å²) in [5.41, 5.74) is 1.88. The standard InChI is InChI=1S/C48H53FN2O9/c1-6-7-8-9-34-10-12-35(13-11-34)37-16-20-40(42(49)26-37)38-17-21-41(43(27-38)60-47(55)33(4)5)36-14-18-39(19-15-36)56-28-48(29-57-44(52)22-24-50,30-58-45(53)23-25-51)31-59-46(54)32(2)3/h14-21,26-27,34-35H,2,4,6-13,22-23,28-31H2,1,3,5H3. The molecule has 11 nitrogen and oxygen atoms in total. The van der Waals surface area contributed by atoms with Crippen molar-refractivity contribution in [3.63, 3.8) is 0 Å². The van der Waals surface area contributed by atoms with E-state index >= 15 is 4.39 Å². The van der Waals surface area contributed by atoms with Gasteiger partial charge >= 0.3 is 23.9 Å². The lowest BCUT2D eigenvalue weighted by atomic mass is 9.77.